The number of rotatable bonds is 13. The summed E-state index contributed by atoms with van der Waals surface area (Å²) in [6, 6.07) is 28.5. The molecular weight excluding hydrogens is 536 g/mol. The third-order valence-corrected chi connectivity index (χ3v) is 13.9. The van der Waals surface area contributed by atoms with E-state index < -0.39 is 8.32 Å². The van der Waals surface area contributed by atoms with Crippen LogP contribution in [0.25, 0.3) is 0 Å². The van der Waals surface area contributed by atoms with Gasteiger partial charge in [-0.1, -0.05) is 93.6 Å². The zero-order chi connectivity index (χ0) is 30.2. The van der Waals surface area contributed by atoms with Gasteiger partial charge in [-0.2, -0.15) is 0 Å². The molecule has 1 saturated carbocycles. The fraction of sp³-hybridized carbons (Fsp3) is 0.514. The molecule has 1 unspecified atom stereocenters. The van der Waals surface area contributed by atoms with Crippen molar-refractivity contribution in [1.29, 1.82) is 0 Å². The summed E-state index contributed by atoms with van der Waals surface area (Å²) in [7, 11) is -0.795. The topological polar surface area (TPSA) is 36.9 Å². The summed E-state index contributed by atoms with van der Waals surface area (Å²) in [5.41, 5.74) is 2.34. The van der Waals surface area contributed by atoms with E-state index in [1.165, 1.54) is 28.8 Å². The van der Waals surface area contributed by atoms with Crippen molar-refractivity contribution >= 4 is 18.7 Å². The Morgan fingerprint density at radius 3 is 1.95 bits per heavy atom. The lowest BCUT2D eigenvalue weighted by atomic mass is 9.76. The van der Waals surface area contributed by atoms with Gasteiger partial charge in [0.15, 0.2) is 0 Å². The SMILES string of the molecule is COCOC(c1ccc(C)c(OC(C)C)c1)C1CCC(CCO[Si](c2ccccc2)(c2ccccc2)C(C)(C)C)CC1. The van der Waals surface area contributed by atoms with Gasteiger partial charge in [0, 0.05) is 13.7 Å². The van der Waals surface area contributed by atoms with Crippen molar-refractivity contribution in [2.75, 3.05) is 20.5 Å². The van der Waals surface area contributed by atoms with Crippen LogP contribution in [-0.4, -0.2) is 34.9 Å². The maximum Gasteiger partial charge on any atom is 0.261 e. The summed E-state index contributed by atoms with van der Waals surface area (Å²) < 4.78 is 25.0. The second-order valence-corrected chi connectivity index (χ2v) is 17.6. The van der Waals surface area contributed by atoms with Gasteiger partial charge in [-0.05, 0) is 97.3 Å². The maximum absolute atomic E-state index is 7.21. The highest BCUT2D eigenvalue weighted by Crippen LogP contribution is 2.42. The molecule has 42 heavy (non-hydrogen) atoms. The molecule has 1 aliphatic carbocycles. The Morgan fingerprint density at radius 2 is 1.43 bits per heavy atom. The van der Waals surface area contributed by atoms with E-state index in [0.29, 0.717) is 18.6 Å². The van der Waals surface area contributed by atoms with Crippen LogP contribution < -0.4 is 15.1 Å². The van der Waals surface area contributed by atoms with E-state index in [1.54, 1.807) is 7.11 Å². The van der Waals surface area contributed by atoms with Gasteiger partial charge >= 0.3 is 0 Å². The second kappa shape index (κ2) is 14.8. The van der Waals surface area contributed by atoms with Crippen LogP contribution in [0, 0.1) is 18.8 Å². The standard InChI is InChI=1S/C37H52O4Si/c1-28(2)41-35-26-32(21-18-29(35)3)36(39-27-38-7)31-22-19-30(20-23-31)24-25-40-42(37(4,5)6,33-14-10-8-11-15-33)34-16-12-9-13-17-34/h8-18,21,26,28,30-31,36H,19-20,22-25,27H2,1-7H3. The molecule has 0 amide bonds. The molecule has 0 spiro atoms. The first-order valence-corrected chi connectivity index (χ1v) is 17.7. The third kappa shape index (κ3) is 7.73. The van der Waals surface area contributed by atoms with Crippen LogP contribution in [0.3, 0.4) is 0 Å². The van der Waals surface area contributed by atoms with Gasteiger partial charge in [0.2, 0.25) is 0 Å². The predicted octanol–water partition coefficient (Wildman–Crippen LogP) is 8.22. The predicted molar refractivity (Wildman–Crippen MR) is 176 cm³/mol. The molecular formula is C37H52O4Si. The molecule has 1 fully saturated rings. The normalized spacial score (nSPS) is 18.7. The lowest BCUT2D eigenvalue weighted by Crippen LogP contribution is -2.66. The molecule has 0 saturated heterocycles. The van der Waals surface area contributed by atoms with Crippen LogP contribution in [0.1, 0.15) is 84.0 Å². The minimum Gasteiger partial charge on any atom is -0.491 e. The Morgan fingerprint density at radius 1 is 0.833 bits per heavy atom. The molecule has 4 nitrogen and oxygen atoms in total. The molecule has 0 aliphatic heterocycles. The number of ether oxygens (including phenoxy) is 3. The summed E-state index contributed by atoms with van der Waals surface area (Å²) in [6.07, 6.45) is 5.93. The third-order valence-electron chi connectivity index (χ3n) is 8.85. The van der Waals surface area contributed by atoms with Gasteiger partial charge < -0.3 is 18.6 Å². The lowest BCUT2D eigenvalue weighted by molar-refractivity contribution is -0.100. The fourth-order valence-electron chi connectivity index (χ4n) is 6.74. The molecule has 1 atom stereocenters. The first kappa shape index (κ1) is 32.5. The first-order chi connectivity index (χ1) is 20.2. The van der Waals surface area contributed by atoms with Crippen LogP contribution in [0.5, 0.6) is 5.75 Å². The van der Waals surface area contributed by atoms with Gasteiger partial charge in [-0.25, -0.2) is 0 Å². The molecule has 1 aliphatic rings. The Kier molecular flexibility index (Phi) is 11.5. The lowest BCUT2D eigenvalue weighted by Gasteiger charge is -2.43. The average molecular weight is 589 g/mol. The van der Waals surface area contributed by atoms with Gasteiger partial charge in [-0.15, -0.1) is 0 Å². The molecule has 0 aromatic heterocycles. The molecule has 4 rings (SSSR count). The Bertz CT molecular complexity index is 1170. The van der Waals surface area contributed by atoms with E-state index >= 15 is 0 Å². The molecule has 0 heterocycles. The highest BCUT2D eigenvalue weighted by molar-refractivity contribution is 6.99. The summed E-state index contributed by atoms with van der Waals surface area (Å²) in [4.78, 5) is 0. The van der Waals surface area contributed by atoms with E-state index in [4.69, 9.17) is 18.6 Å². The van der Waals surface area contributed by atoms with Gasteiger partial charge in [0.05, 0.1) is 12.2 Å². The quantitative estimate of drug-likeness (QED) is 0.149. The van der Waals surface area contributed by atoms with Crippen LogP contribution in [0.4, 0.5) is 0 Å². The zero-order valence-corrected chi connectivity index (χ0v) is 27.9. The van der Waals surface area contributed by atoms with E-state index in [9.17, 15) is 0 Å². The van der Waals surface area contributed by atoms with Gasteiger partial charge in [0.1, 0.15) is 12.5 Å². The largest absolute Gasteiger partial charge is 0.491 e. The highest BCUT2D eigenvalue weighted by atomic mass is 28.4. The molecule has 0 bridgehead atoms. The van der Waals surface area contributed by atoms with Crippen molar-refractivity contribution in [3.63, 3.8) is 0 Å². The number of hydrogen-bond acceptors (Lipinski definition) is 4. The number of methoxy groups -OCH3 is 1. The van der Waals surface area contributed by atoms with Crippen molar-refractivity contribution < 1.29 is 18.6 Å². The van der Waals surface area contributed by atoms with Crippen LogP contribution in [-0.2, 0) is 13.9 Å². The Labute approximate surface area is 255 Å². The van der Waals surface area contributed by atoms with Crippen LogP contribution in [0.15, 0.2) is 78.9 Å². The summed E-state index contributed by atoms with van der Waals surface area (Å²) in [5, 5.41) is 2.71. The minimum atomic E-state index is -2.49. The molecule has 0 radical (unpaired) electrons. The summed E-state index contributed by atoms with van der Waals surface area (Å²) >= 11 is 0. The fourth-order valence-corrected chi connectivity index (χ4v) is 11.3. The van der Waals surface area contributed by atoms with E-state index in [1.807, 2.05) is 0 Å². The van der Waals surface area contributed by atoms with E-state index in [2.05, 4.69) is 120 Å². The molecule has 3 aromatic carbocycles. The van der Waals surface area contributed by atoms with Crippen molar-refractivity contribution in [3.05, 3.63) is 90.0 Å². The molecule has 0 N–H and O–H groups in total. The summed E-state index contributed by atoms with van der Waals surface area (Å²) in [6.45, 7) is 14.4. The molecule has 228 valence electrons. The van der Waals surface area contributed by atoms with Crippen molar-refractivity contribution in [1.82, 2.24) is 0 Å². The monoisotopic (exact) mass is 588 g/mol. The Balaban J connectivity index is 1.44. The van der Waals surface area contributed by atoms with E-state index in [0.717, 1.165) is 37.2 Å². The average Bonchev–Trinajstić information content (AvgIpc) is 2.98. The van der Waals surface area contributed by atoms with Gasteiger partial charge in [0.25, 0.3) is 8.32 Å². The Hall–Kier alpha value is -2.44. The first-order valence-electron chi connectivity index (χ1n) is 15.8. The van der Waals surface area contributed by atoms with E-state index in [-0.39, 0.29) is 17.2 Å². The number of hydrogen-bond donors (Lipinski definition) is 0. The van der Waals surface area contributed by atoms with Crippen molar-refractivity contribution in [2.45, 2.75) is 90.9 Å². The highest BCUT2D eigenvalue weighted by Gasteiger charge is 2.50. The smallest absolute Gasteiger partial charge is 0.261 e. The maximum atomic E-state index is 7.21. The van der Waals surface area contributed by atoms with Crippen molar-refractivity contribution in [3.8, 4) is 5.75 Å². The molecule has 3 aromatic rings. The summed E-state index contributed by atoms with van der Waals surface area (Å²) in [5.74, 6) is 2.08. The van der Waals surface area contributed by atoms with Crippen LogP contribution >= 0.6 is 0 Å². The number of benzene rings is 3. The molecule has 5 heteroatoms. The zero-order valence-electron chi connectivity index (χ0n) is 26.9. The minimum absolute atomic E-state index is 0.00541. The number of aryl methyl sites for hydroxylation is 1. The van der Waals surface area contributed by atoms with Gasteiger partial charge in [-0.3, -0.25) is 0 Å². The van der Waals surface area contributed by atoms with Crippen molar-refractivity contribution in [2.24, 2.45) is 11.8 Å². The second-order valence-electron chi connectivity index (χ2n) is 13.3. The van der Waals surface area contributed by atoms with Crippen LogP contribution in [0.2, 0.25) is 5.04 Å².